The predicted octanol–water partition coefficient (Wildman–Crippen LogP) is 2.72. The molecule has 2 amide bonds. The van der Waals surface area contributed by atoms with E-state index in [0.717, 1.165) is 25.7 Å². The van der Waals surface area contributed by atoms with Crippen LogP contribution in [0.3, 0.4) is 0 Å². The quantitative estimate of drug-likeness (QED) is 0.849. The molecule has 1 saturated carbocycles. The van der Waals surface area contributed by atoms with Gasteiger partial charge in [-0.2, -0.15) is 0 Å². The third kappa shape index (κ3) is 4.76. The molecule has 0 heterocycles. The van der Waals surface area contributed by atoms with E-state index in [-0.39, 0.29) is 24.3 Å². The number of nitrogens with one attached hydrogen (secondary N) is 2. The molecule has 1 fully saturated rings. The highest BCUT2D eigenvalue weighted by atomic mass is 16.5. The first-order valence-electron chi connectivity index (χ1n) is 8.00. The summed E-state index contributed by atoms with van der Waals surface area (Å²) in [5.74, 6) is 0.457. The number of para-hydroxylation sites is 2. The van der Waals surface area contributed by atoms with Gasteiger partial charge in [0.05, 0.1) is 18.8 Å². The molecule has 120 valence electrons. The van der Waals surface area contributed by atoms with Crippen molar-refractivity contribution in [3.05, 3.63) is 24.3 Å². The molecular formula is C17H24N2O3. The fourth-order valence-corrected chi connectivity index (χ4v) is 2.72. The van der Waals surface area contributed by atoms with Crippen molar-refractivity contribution in [3.63, 3.8) is 0 Å². The summed E-state index contributed by atoms with van der Waals surface area (Å²) in [6.07, 6.45) is 5.28. The van der Waals surface area contributed by atoms with E-state index in [1.165, 1.54) is 6.42 Å². The van der Waals surface area contributed by atoms with Crippen LogP contribution in [-0.4, -0.2) is 25.0 Å². The molecule has 0 unspecified atom stereocenters. The number of ether oxygens (including phenoxy) is 1. The highest BCUT2D eigenvalue weighted by molar-refractivity contribution is 5.95. The summed E-state index contributed by atoms with van der Waals surface area (Å²) in [5.41, 5.74) is 0.626. The molecule has 2 N–H and O–H groups in total. The molecule has 0 atom stereocenters. The first-order valence-corrected chi connectivity index (χ1v) is 8.00. The Labute approximate surface area is 131 Å². The number of anilines is 1. The number of hydrogen-bond donors (Lipinski definition) is 2. The number of carbonyl (C=O) groups excluding carboxylic acids is 2. The SMILES string of the molecule is CCOc1ccccc1NC(=O)CNC(=O)C1CCCCC1. The van der Waals surface area contributed by atoms with E-state index >= 15 is 0 Å². The van der Waals surface area contributed by atoms with Gasteiger partial charge in [0.1, 0.15) is 5.75 Å². The molecule has 5 heteroatoms. The number of rotatable bonds is 6. The van der Waals surface area contributed by atoms with Crippen LogP contribution in [0.25, 0.3) is 0 Å². The Kier molecular flexibility index (Phi) is 6.25. The van der Waals surface area contributed by atoms with Crippen molar-refractivity contribution in [2.24, 2.45) is 5.92 Å². The number of carbonyl (C=O) groups is 2. The Morgan fingerprint density at radius 2 is 1.91 bits per heavy atom. The van der Waals surface area contributed by atoms with Crippen LogP contribution in [0.2, 0.25) is 0 Å². The van der Waals surface area contributed by atoms with Gasteiger partial charge in [0.25, 0.3) is 0 Å². The summed E-state index contributed by atoms with van der Waals surface area (Å²) in [6.45, 7) is 2.42. The van der Waals surface area contributed by atoms with E-state index in [9.17, 15) is 9.59 Å². The lowest BCUT2D eigenvalue weighted by atomic mass is 9.89. The average molecular weight is 304 g/mol. The monoisotopic (exact) mass is 304 g/mol. The van der Waals surface area contributed by atoms with Crippen molar-refractivity contribution in [1.82, 2.24) is 5.32 Å². The number of benzene rings is 1. The molecule has 22 heavy (non-hydrogen) atoms. The van der Waals surface area contributed by atoms with E-state index in [2.05, 4.69) is 10.6 Å². The second kappa shape index (κ2) is 8.41. The molecule has 0 radical (unpaired) electrons. The van der Waals surface area contributed by atoms with Gasteiger partial charge in [-0.1, -0.05) is 31.4 Å². The smallest absolute Gasteiger partial charge is 0.243 e. The predicted molar refractivity (Wildman–Crippen MR) is 85.8 cm³/mol. The molecule has 1 aliphatic carbocycles. The highest BCUT2D eigenvalue weighted by Gasteiger charge is 2.21. The number of hydrogen-bond acceptors (Lipinski definition) is 3. The lowest BCUT2D eigenvalue weighted by Gasteiger charge is -2.20. The molecule has 0 spiro atoms. The molecule has 0 bridgehead atoms. The first-order chi connectivity index (χ1) is 10.7. The van der Waals surface area contributed by atoms with Gasteiger partial charge in [-0.05, 0) is 31.9 Å². The Morgan fingerprint density at radius 1 is 1.18 bits per heavy atom. The second-order valence-electron chi connectivity index (χ2n) is 5.53. The molecule has 2 rings (SSSR count). The normalized spacial score (nSPS) is 15.1. The van der Waals surface area contributed by atoms with Crippen molar-refractivity contribution in [3.8, 4) is 5.75 Å². The summed E-state index contributed by atoms with van der Waals surface area (Å²) >= 11 is 0. The van der Waals surface area contributed by atoms with Crippen molar-refractivity contribution in [2.45, 2.75) is 39.0 Å². The Bertz CT molecular complexity index is 510. The molecule has 1 aromatic carbocycles. The summed E-state index contributed by atoms with van der Waals surface area (Å²) < 4.78 is 5.46. The van der Waals surface area contributed by atoms with Crippen molar-refractivity contribution >= 4 is 17.5 Å². The van der Waals surface area contributed by atoms with E-state index in [4.69, 9.17) is 4.74 Å². The van der Waals surface area contributed by atoms with Crippen LogP contribution in [0.1, 0.15) is 39.0 Å². The van der Waals surface area contributed by atoms with Gasteiger partial charge in [0.15, 0.2) is 0 Å². The van der Waals surface area contributed by atoms with Crippen LogP contribution in [0.4, 0.5) is 5.69 Å². The zero-order valence-electron chi connectivity index (χ0n) is 13.1. The van der Waals surface area contributed by atoms with Gasteiger partial charge >= 0.3 is 0 Å². The third-order valence-electron chi connectivity index (χ3n) is 3.86. The van der Waals surface area contributed by atoms with Crippen LogP contribution in [-0.2, 0) is 9.59 Å². The van der Waals surface area contributed by atoms with Gasteiger partial charge in [0.2, 0.25) is 11.8 Å². The minimum Gasteiger partial charge on any atom is -0.492 e. The number of amides is 2. The largest absolute Gasteiger partial charge is 0.492 e. The zero-order chi connectivity index (χ0) is 15.8. The molecule has 1 aromatic rings. The molecule has 0 saturated heterocycles. The summed E-state index contributed by atoms with van der Waals surface area (Å²) in [4.78, 5) is 24.0. The topological polar surface area (TPSA) is 67.4 Å². The van der Waals surface area contributed by atoms with E-state index < -0.39 is 0 Å². The highest BCUT2D eigenvalue weighted by Crippen LogP contribution is 2.24. The van der Waals surface area contributed by atoms with Crippen LogP contribution in [0.15, 0.2) is 24.3 Å². The molecule has 0 aromatic heterocycles. The van der Waals surface area contributed by atoms with E-state index in [0.29, 0.717) is 18.0 Å². The second-order valence-corrected chi connectivity index (χ2v) is 5.53. The molecular weight excluding hydrogens is 280 g/mol. The van der Waals surface area contributed by atoms with Gasteiger partial charge in [0, 0.05) is 5.92 Å². The van der Waals surface area contributed by atoms with Gasteiger partial charge in [-0.25, -0.2) is 0 Å². The Morgan fingerprint density at radius 3 is 2.64 bits per heavy atom. The molecule has 0 aliphatic heterocycles. The van der Waals surface area contributed by atoms with E-state index in [1.54, 1.807) is 12.1 Å². The molecule has 1 aliphatic rings. The van der Waals surface area contributed by atoms with Crippen molar-refractivity contribution < 1.29 is 14.3 Å². The maximum Gasteiger partial charge on any atom is 0.243 e. The zero-order valence-corrected chi connectivity index (χ0v) is 13.1. The average Bonchev–Trinajstić information content (AvgIpc) is 2.55. The maximum atomic E-state index is 12.0. The van der Waals surface area contributed by atoms with Gasteiger partial charge in [-0.3, -0.25) is 9.59 Å². The van der Waals surface area contributed by atoms with Crippen LogP contribution in [0, 0.1) is 5.92 Å². The first kappa shape index (κ1) is 16.3. The summed E-state index contributed by atoms with van der Waals surface area (Å²) in [5, 5.41) is 5.51. The maximum absolute atomic E-state index is 12.0. The summed E-state index contributed by atoms with van der Waals surface area (Å²) in [7, 11) is 0. The van der Waals surface area contributed by atoms with Gasteiger partial charge in [-0.15, -0.1) is 0 Å². The van der Waals surface area contributed by atoms with Crippen LogP contribution < -0.4 is 15.4 Å². The van der Waals surface area contributed by atoms with Crippen molar-refractivity contribution in [2.75, 3.05) is 18.5 Å². The van der Waals surface area contributed by atoms with Crippen LogP contribution in [0.5, 0.6) is 5.75 Å². The van der Waals surface area contributed by atoms with Gasteiger partial charge < -0.3 is 15.4 Å². The Hall–Kier alpha value is -2.04. The minimum absolute atomic E-state index is 0.00417. The van der Waals surface area contributed by atoms with Crippen LogP contribution >= 0.6 is 0 Å². The standard InChI is InChI=1S/C17H24N2O3/c1-2-22-15-11-7-6-10-14(15)19-16(20)12-18-17(21)13-8-4-3-5-9-13/h6-7,10-11,13H,2-5,8-9,12H2,1H3,(H,18,21)(H,19,20). The molecule has 5 nitrogen and oxygen atoms in total. The lowest BCUT2D eigenvalue weighted by Crippen LogP contribution is -2.37. The van der Waals surface area contributed by atoms with E-state index in [1.807, 2.05) is 19.1 Å². The minimum atomic E-state index is -0.240. The fourth-order valence-electron chi connectivity index (χ4n) is 2.72. The Balaban J connectivity index is 1.81. The fraction of sp³-hybridized carbons (Fsp3) is 0.529. The van der Waals surface area contributed by atoms with Crippen molar-refractivity contribution in [1.29, 1.82) is 0 Å². The summed E-state index contributed by atoms with van der Waals surface area (Å²) in [6, 6.07) is 7.27. The third-order valence-corrected chi connectivity index (χ3v) is 3.86. The lowest BCUT2D eigenvalue weighted by molar-refractivity contribution is -0.128.